The zero-order chi connectivity index (χ0) is 8.10. The van der Waals surface area contributed by atoms with E-state index >= 15 is 0 Å². The molecule has 0 aliphatic heterocycles. The van der Waals surface area contributed by atoms with Crippen LogP contribution in [0, 0.1) is 11.8 Å². The molecule has 0 aromatic heterocycles. The maximum atomic E-state index is 5.48. The molecule has 1 rings (SSSR count). The smallest absolute Gasteiger partial charge is 0.00772 e. The summed E-state index contributed by atoms with van der Waals surface area (Å²) in [5.41, 5.74) is 5.48. The Balaban J connectivity index is 0.00000121. The van der Waals surface area contributed by atoms with Gasteiger partial charge in [0, 0.05) is 0 Å². The summed E-state index contributed by atoms with van der Waals surface area (Å²) in [7, 11) is 0. The predicted molar refractivity (Wildman–Crippen MR) is 56.7 cm³/mol. The fourth-order valence-electron chi connectivity index (χ4n) is 2.23. The molecule has 1 saturated carbocycles. The standard InChI is InChI=1S/C10H21N.ClH/c1-9-4-2-5-10(8-9)6-3-7-11;/h9-10H,2-8,11H2,1H3;1H. The van der Waals surface area contributed by atoms with Gasteiger partial charge < -0.3 is 5.73 Å². The molecular weight excluding hydrogens is 170 g/mol. The average molecular weight is 192 g/mol. The highest BCUT2D eigenvalue weighted by Crippen LogP contribution is 2.31. The molecule has 2 atom stereocenters. The van der Waals surface area contributed by atoms with Gasteiger partial charge in [0.25, 0.3) is 0 Å². The summed E-state index contributed by atoms with van der Waals surface area (Å²) in [6.45, 7) is 3.26. The summed E-state index contributed by atoms with van der Waals surface area (Å²) >= 11 is 0. The van der Waals surface area contributed by atoms with Crippen molar-refractivity contribution in [2.75, 3.05) is 6.54 Å². The number of hydrogen-bond donors (Lipinski definition) is 1. The van der Waals surface area contributed by atoms with Gasteiger partial charge in [0.1, 0.15) is 0 Å². The molecule has 2 N–H and O–H groups in total. The van der Waals surface area contributed by atoms with Crippen molar-refractivity contribution in [2.24, 2.45) is 17.6 Å². The molecule has 74 valence electrons. The van der Waals surface area contributed by atoms with Crippen molar-refractivity contribution >= 4 is 12.4 Å². The van der Waals surface area contributed by atoms with Crippen LogP contribution in [0.5, 0.6) is 0 Å². The zero-order valence-electron chi connectivity index (χ0n) is 8.09. The lowest BCUT2D eigenvalue weighted by Crippen LogP contribution is -2.14. The first-order valence-electron chi connectivity index (χ1n) is 5.03. The van der Waals surface area contributed by atoms with Crippen LogP contribution in [0.25, 0.3) is 0 Å². The molecule has 0 aromatic rings. The Morgan fingerprint density at radius 1 is 1.33 bits per heavy atom. The first kappa shape index (κ1) is 12.2. The molecule has 0 amide bonds. The van der Waals surface area contributed by atoms with Gasteiger partial charge >= 0.3 is 0 Å². The summed E-state index contributed by atoms with van der Waals surface area (Å²) in [5.74, 6) is 1.98. The molecule has 1 aliphatic rings. The normalized spacial score (nSPS) is 29.5. The Kier molecular flexibility index (Phi) is 6.87. The van der Waals surface area contributed by atoms with Crippen LogP contribution in [0.4, 0.5) is 0 Å². The second-order valence-electron chi connectivity index (χ2n) is 4.07. The van der Waals surface area contributed by atoms with Gasteiger partial charge in [0.15, 0.2) is 0 Å². The summed E-state index contributed by atoms with van der Waals surface area (Å²) in [6, 6.07) is 0. The van der Waals surface area contributed by atoms with Crippen LogP contribution < -0.4 is 5.73 Å². The lowest BCUT2D eigenvalue weighted by atomic mass is 9.80. The Labute approximate surface area is 82.5 Å². The molecule has 12 heavy (non-hydrogen) atoms. The molecule has 1 aliphatic carbocycles. The lowest BCUT2D eigenvalue weighted by Gasteiger charge is -2.26. The van der Waals surface area contributed by atoms with Crippen molar-refractivity contribution in [1.82, 2.24) is 0 Å². The molecule has 1 nitrogen and oxygen atoms in total. The third-order valence-corrected chi connectivity index (χ3v) is 2.86. The van der Waals surface area contributed by atoms with E-state index in [0.717, 1.165) is 18.4 Å². The van der Waals surface area contributed by atoms with E-state index in [-0.39, 0.29) is 12.4 Å². The van der Waals surface area contributed by atoms with Crippen molar-refractivity contribution in [1.29, 1.82) is 0 Å². The van der Waals surface area contributed by atoms with E-state index in [2.05, 4.69) is 6.92 Å². The van der Waals surface area contributed by atoms with E-state index < -0.39 is 0 Å². The largest absolute Gasteiger partial charge is 0.330 e. The highest BCUT2D eigenvalue weighted by Gasteiger charge is 2.17. The number of rotatable bonds is 3. The predicted octanol–water partition coefficient (Wildman–Crippen LogP) is 2.97. The minimum absolute atomic E-state index is 0. The Morgan fingerprint density at radius 3 is 2.67 bits per heavy atom. The molecule has 0 aromatic carbocycles. The second kappa shape index (κ2) is 6.73. The van der Waals surface area contributed by atoms with E-state index in [1.807, 2.05) is 0 Å². The van der Waals surface area contributed by atoms with E-state index in [1.54, 1.807) is 0 Å². The molecule has 0 saturated heterocycles. The molecule has 2 unspecified atom stereocenters. The first-order chi connectivity index (χ1) is 5.33. The quantitative estimate of drug-likeness (QED) is 0.730. The first-order valence-corrected chi connectivity index (χ1v) is 5.03. The van der Waals surface area contributed by atoms with Crippen LogP contribution in [0.2, 0.25) is 0 Å². The minimum Gasteiger partial charge on any atom is -0.330 e. The van der Waals surface area contributed by atoms with Gasteiger partial charge in [-0.25, -0.2) is 0 Å². The SMILES string of the molecule is CC1CCCC(CCCN)C1.Cl. The third kappa shape index (κ3) is 4.32. The molecule has 0 heterocycles. The second-order valence-corrected chi connectivity index (χ2v) is 4.07. The van der Waals surface area contributed by atoms with Crippen molar-refractivity contribution in [3.05, 3.63) is 0 Å². The van der Waals surface area contributed by atoms with E-state index in [9.17, 15) is 0 Å². The van der Waals surface area contributed by atoms with Crippen LogP contribution in [-0.2, 0) is 0 Å². The molecule has 1 fully saturated rings. The van der Waals surface area contributed by atoms with Crippen molar-refractivity contribution in [2.45, 2.75) is 45.4 Å². The van der Waals surface area contributed by atoms with Crippen molar-refractivity contribution < 1.29 is 0 Å². The van der Waals surface area contributed by atoms with Gasteiger partial charge in [-0.05, 0) is 37.6 Å². The maximum Gasteiger partial charge on any atom is -0.00772 e. The van der Waals surface area contributed by atoms with E-state index in [0.29, 0.717) is 0 Å². The number of hydrogen-bond acceptors (Lipinski definition) is 1. The molecule has 2 heteroatoms. The summed E-state index contributed by atoms with van der Waals surface area (Å²) in [4.78, 5) is 0. The van der Waals surface area contributed by atoms with Gasteiger partial charge in [0.05, 0.1) is 0 Å². The van der Waals surface area contributed by atoms with Gasteiger partial charge in [-0.15, -0.1) is 12.4 Å². The number of nitrogens with two attached hydrogens (primary N) is 1. The van der Waals surface area contributed by atoms with Gasteiger partial charge in [-0.3, -0.25) is 0 Å². The van der Waals surface area contributed by atoms with Gasteiger partial charge in [-0.1, -0.05) is 26.2 Å². The van der Waals surface area contributed by atoms with Gasteiger partial charge in [0.2, 0.25) is 0 Å². The maximum absolute atomic E-state index is 5.48. The zero-order valence-corrected chi connectivity index (χ0v) is 8.91. The molecular formula is C10H22ClN. The summed E-state index contributed by atoms with van der Waals surface area (Å²) in [6.07, 6.45) is 8.44. The average Bonchev–Trinajstić information content (AvgIpc) is 2.01. The van der Waals surface area contributed by atoms with Crippen LogP contribution in [0.3, 0.4) is 0 Å². The Bertz CT molecular complexity index is 106. The van der Waals surface area contributed by atoms with Crippen LogP contribution in [0.1, 0.15) is 45.4 Å². The Hall–Kier alpha value is 0.250. The molecule has 0 radical (unpaired) electrons. The van der Waals surface area contributed by atoms with Gasteiger partial charge in [-0.2, -0.15) is 0 Å². The lowest BCUT2D eigenvalue weighted by molar-refractivity contribution is 0.267. The van der Waals surface area contributed by atoms with Crippen LogP contribution in [0.15, 0.2) is 0 Å². The van der Waals surface area contributed by atoms with Crippen LogP contribution >= 0.6 is 12.4 Å². The number of halogens is 1. The fraction of sp³-hybridized carbons (Fsp3) is 1.00. The highest BCUT2D eigenvalue weighted by atomic mass is 35.5. The Morgan fingerprint density at radius 2 is 2.08 bits per heavy atom. The summed E-state index contributed by atoms with van der Waals surface area (Å²) < 4.78 is 0. The van der Waals surface area contributed by atoms with Crippen molar-refractivity contribution in [3.8, 4) is 0 Å². The molecule has 0 spiro atoms. The highest BCUT2D eigenvalue weighted by molar-refractivity contribution is 5.85. The monoisotopic (exact) mass is 191 g/mol. The van der Waals surface area contributed by atoms with Crippen LogP contribution in [-0.4, -0.2) is 6.54 Å². The molecule has 0 bridgehead atoms. The summed E-state index contributed by atoms with van der Waals surface area (Å²) in [5, 5.41) is 0. The van der Waals surface area contributed by atoms with Crippen molar-refractivity contribution in [3.63, 3.8) is 0 Å². The topological polar surface area (TPSA) is 26.0 Å². The fourth-order valence-corrected chi connectivity index (χ4v) is 2.23. The van der Waals surface area contributed by atoms with E-state index in [4.69, 9.17) is 5.73 Å². The van der Waals surface area contributed by atoms with E-state index in [1.165, 1.54) is 38.5 Å². The third-order valence-electron chi connectivity index (χ3n) is 2.86. The minimum atomic E-state index is 0.